The molecule has 0 bridgehead atoms. The number of benzene rings is 1. The average Bonchev–Trinajstić information content (AvgIpc) is 2.43. The highest BCUT2D eigenvalue weighted by molar-refractivity contribution is 5.48. The zero-order chi connectivity index (χ0) is 13.7. The van der Waals surface area contributed by atoms with Crippen LogP contribution in [-0.2, 0) is 0 Å². The number of nitrogens with zero attached hydrogens (tertiary/aromatic N) is 1. The molecule has 1 saturated carbocycles. The molecule has 1 fully saturated rings. The van der Waals surface area contributed by atoms with E-state index in [1.54, 1.807) is 12.1 Å². The first kappa shape index (κ1) is 13.7. The van der Waals surface area contributed by atoms with E-state index in [2.05, 4.69) is 11.4 Å². The third-order valence-electron chi connectivity index (χ3n) is 3.52. The molecule has 1 N–H and O–H groups in total. The van der Waals surface area contributed by atoms with E-state index in [-0.39, 0.29) is 23.5 Å². The van der Waals surface area contributed by atoms with Crippen LogP contribution in [0.4, 0.5) is 10.1 Å². The third kappa shape index (κ3) is 3.37. The zero-order valence-corrected chi connectivity index (χ0v) is 11.2. The number of hydrogen-bond acceptors (Lipinski definition) is 3. The lowest BCUT2D eigenvalue weighted by Crippen LogP contribution is -2.31. The summed E-state index contributed by atoms with van der Waals surface area (Å²) in [6, 6.07) is 7.33. The largest absolute Gasteiger partial charge is 0.491 e. The number of nitrogens with one attached hydrogen (secondary N) is 1. The van der Waals surface area contributed by atoms with Crippen LogP contribution in [0.5, 0.6) is 5.75 Å². The van der Waals surface area contributed by atoms with Crippen molar-refractivity contribution in [2.24, 2.45) is 5.92 Å². The van der Waals surface area contributed by atoms with Gasteiger partial charge in [-0.1, -0.05) is 12.8 Å². The van der Waals surface area contributed by atoms with Gasteiger partial charge in [0.05, 0.1) is 18.6 Å². The summed E-state index contributed by atoms with van der Waals surface area (Å²) in [4.78, 5) is 0. The molecule has 1 aromatic rings. The molecular formula is C15H19FN2O. The Morgan fingerprint density at radius 3 is 2.89 bits per heavy atom. The van der Waals surface area contributed by atoms with E-state index in [0.29, 0.717) is 12.3 Å². The Morgan fingerprint density at radius 2 is 2.21 bits per heavy atom. The van der Waals surface area contributed by atoms with E-state index in [0.717, 1.165) is 25.7 Å². The molecule has 2 atom stereocenters. The molecule has 0 aliphatic heterocycles. The van der Waals surface area contributed by atoms with Crippen molar-refractivity contribution in [2.75, 3.05) is 11.9 Å². The smallest absolute Gasteiger partial charge is 0.167 e. The Hall–Kier alpha value is -1.76. The summed E-state index contributed by atoms with van der Waals surface area (Å²) in [7, 11) is 0. The van der Waals surface area contributed by atoms with Gasteiger partial charge in [0, 0.05) is 17.8 Å². The maximum Gasteiger partial charge on any atom is 0.167 e. The molecule has 2 rings (SSSR count). The minimum absolute atomic E-state index is 0.0170. The van der Waals surface area contributed by atoms with Gasteiger partial charge in [-0.2, -0.15) is 5.26 Å². The van der Waals surface area contributed by atoms with Crippen LogP contribution in [0.2, 0.25) is 0 Å². The molecule has 4 heteroatoms. The molecular weight excluding hydrogens is 243 g/mol. The second-order valence-electron chi connectivity index (χ2n) is 4.85. The predicted octanol–water partition coefficient (Wildman–Crippen LogP) is 3.72. The van der Waals surface area contributed by atoms with Crippen molar-refractivity contribution in [3.05, 3.63) is 24.0 Å². The molecule has 3 nitrogen and oxygen atoms in total. The fourth-order valence-corrected chi connectivity index (χ4v) is 2.54. The summed E-state index contributed by atoms with van der Waals surface area (Å²) in [6.07, 6.45) is 4.12. The van der Waals surface area contributed by atoms with E-state index in [1.165, 1.54) is 6.07 Å². The van der Waals surface area contributed by atoms with Crippen LogP contribution >= 0.6 is 0 Å². The van der Waals surface area contributed by atoms with Gasteiger partial charge in [0.15, 0.2) is 11.6 Å². The SMILES string of the molecule is CCOc1ccc(NC2CCCCC2C#N)cc1F. The molecule has 19 heavy (non-hydrogen) atoms. The lowest BCUT2D eigenvalue weighted by atomic mass is 9.85. The Balaban J connectivity index is 2.06. The zero-order valence-electron chi connectivity index (χ0n) is 11.2. The maximum atomic E-state index is 13.7. The molecule has 0 aromatic heterocycles. The van der Waals surface area contributed by atoms with Crippen LogP contribution in [0.25, 0.3) is 0 Å². The van der Waals surface area contributed by atoms with E-state index in [1.807, 2.05) is 6.92 Å². The predicted molar refractivity (Wildman–Crippen MR) is 72.6 cm³/mol. The van der Waals surface area contributed by atoms with Crippen molar-refractivity contribution in [1.82, 2.24) is 0 Å². The monoisotopic (exact) mass is 262 g/mol. The fourth-order valence-electron chi connectivity index (χ4n) is 2.54. The Bertz CT molecular complexity index is 470. The molecule has 1 aromatic carbocycles. The molecule has 0 saturated heterocycles. The maximum absolute atomic E-state index is 13.7. The fraction of sp³-hybridized carbons (Fsp3) is 0.533. The standard InChI is InChI=1S/C15H19FN2O/c1-2-19-15-8-7-12(9-13(15)16)18-14-6-4-3-5-11(14)10-17/h7-9,11,14,18H,2-6H2,1H3. The quantitative estimate of drug-likeness (QED) is 0.899. The summed E-state index contributed by atoms with van der Waals surface area (Å²) in [6.45, 7) is 2.27. The molecule has 0 spiro atoms. The molecule has 2 unspecified atom stereocenters. The number of nitriles is 1. The van der Waals surface area contributed by atoms with Gasteiger partial charge in [0.1, 0.15) is 0 Å². The van der Waals surface area contributed by atoms with Gasteiger partial charge in [-0.3, -0.25) is 0 Å². The number of anilines is 1. The first-order valence-corrected chi connectivity index (χ1v) is 6.83. The molecule has 0 radical (unpaired) electrons. The van der Waals surface area contributed by atoms with Crippen LogP contribution in [0, 0.1) is 23.1 Å². The summed E-state index contributed by atoms with van der Waals surface area (Å²) in [5, 5.41) is 12.4. The number of rotatable bonds is 4. The van der Waals surface area contributed by atoms with Gasteiger partial charge in [0.2, 0.25) is 0 Å². The van der Waals surface area contributed by atoms with Crippen LogP contribution < -0.4 is 10.1 Å². The normalized spacial score (nSPS) is 22.6. The van der Waals surface area contributed by atoms with Crippen LogP contribution in [0.3, 0.4) is 0 Å². The van der Waals surface area contributed by atoms with Crippen molar-refractivity contribution in [3.63, 3.8) is 0 Å². The highest BCUT2D eigenvalue weighted by atomic mass is 19.1. The van der Waals surface area contributed by atoms with Crippen molar-refractivity contribution in [2.45, 2.75) is 38.6 Å². The third-order valence-corrected chi connectivity index (χ3v) is 3.52. The van der Waals surface area contributed by atoms with Crippen molar-refractivity contribution in [1.29, 1.82) is 5.26 Å². The van der Waals surface area contributed by atoms with E-state index < -0.39 is 0 Å². The van der Waals surface area contributed by atoms with Gasteiger partial charge in [-0.15, -0.1) is 0 Å². The molecule has 0 amide bonds. The molecule has 1 aliphatic carbocycles. The second-order valence-corrected chi connectivity index (χ2v) is 4.85. The molecule has 1 aliphatic rings. The first-order valence-electron chi connectivity index (χ1n) is 6.83. The van der Waals surface area contributed by atoms with E-state index in [9.17, 15) is 4.39 Å². The lowest BCUT2D eigenvalue weighted by molar-refractivity contribution is 0.321. The van der Waals surface area contributed by atoms with Crippen LogP contribution in [-0.4, -0.2) is 12.6 Å². The van der Waals surface area contributed by atoms with Gasteiger partial charge >= 0.3 is 0 Å². The van der Waals surface area contributed by atoms with Gasteiger partial charge in [-0.05, 0) is 31.9 Å². The minimum atomic E-state index is -0.365. The highest BCUT2D eigenvalue weighted by Gasteiger charge is 2.24. The molecule has 0 heterocycles. The van der Waals surface area contributed by atoms with Crippen LogP contribution in [0.1, 0.15) is 32.6 Å². The van der Waals surface area contributed by atoms with E-state index >= 15 is 0 Å². The summed E-state index contributed by atoms with van der Waals surface area (Å²) in [5.41, 5.74) is 0.716. The lowest BCUT2D eigenvalue weighted by Gasteiger charge is -2.28. The van der Waals surface area contributed by atoms with Crippen molar-refractivity contribution >= 4 is 5.69 Å². The summed E-state index contributed by atoms with van der Waals surface area (Å²) < 4.78 is 18.9. The average molecular weight is 262 g/mol. The Kier molecular flexibility index (Phi) is 4.62. The van der Waals surface area contributed by atoms with Gasteiger partial charge in [0.25, 0.3) is 0 Å². The second kappa shape index (κ2) is 6.42. The number of hydrogen-bond donors (Lipinski definition) is 1. The van der Waals surface area contributed by atoms with Gasteiger partial charge in [-0.25, -0.2) is 4.39 Å². The Morgan fingerprint density at radius 1 is 1.42 bits per heavy atom. The number of ether oxygens (including phenoxy) is 1. The topological polar surface area (TPSA) is 45.0 Å². The minimum Gasteiger partial charge on any atom is -0.491 e. The molecule has 102 valence electrons. The summed E-state index contributed by atoms with van der Waals surface area (Å²) >= 11 is 0. The first-order chi connectivity index (χ1) is 9.24. The van der Waals surface area contributed by atoms with Crippen LogP contribution in [0.15, 0.2) is 18.2 Å². The summed E-state index contributed by atoms with van der Waals surface area (Å²) in [5.74, 6) is -0.0759. The van der Waals surface area contributed by atoms with Gasteiger partial charge < -0.3 is 10.1 Å². The van der Waals surface area contributed by atoms with Crippen molar-refractivity contribution < 1.29 is 9.13 Å². The Labute approximate surface area is 113 Å². The number of halogens is 1. The van der Waals surface area contributed by atoms with E-state index in [4.69, 9.17) is 10.00 Å². The van der Waals surface area contributed by atoms with Crippen molar-refractivity contribution in [3.8, 4) is 11.8 Å². The highest BCUT2D eigenvalue weighted by Crippen LogP contribution is 2.28.